The van der Waals surface area contributed by atoms with Gasteiger partial charge in [-0.2, -0.15) is 0 Å². The van der Waals surface area contributed by atoms with Crippen molar-refractivity contribution in [3.63, 3.8) is 0 Å². The Bertz CT molecular complexity index is 846. The first-order valence-corrected chi connectivity index (χ1v) is 7.00. The predicted octanol–water partition coefficient (Wildman–Crippen LogP) is 3.94. The molecule has 0 aliphatic rings. The molecule has 118 valence electrons. The van der Waals surface area contributed by atoms with E-state index in [0.717, 1.165) is 17.6 Å². The van der Waals surface area contributed by atoms with E-state index in [9.17, 15) is 4.79 Å². The molecule has 3 rings (SSSR count). The Labute approximate surface area is 133 Å². The molecular formula is C18H16O5. The number of rotatable bonds is 5. The van der Waals surface area contributed by atoms with E-state index in [0.29, 0.717) is 33.8 Å². The summed E-state index contributed by atoms with van der Waals surface area (Å²) in [6, 6.07) is 10.8. The van der Waals surface area contributed by atoms with Crippen LogP contribution in [0.5, 0.6) is 17.2 Å². The fourth-order valence-corrected chi connectivity index (χ4v) is 2.54. The minimum Gasteiger partial charge on any atom is -0.497 e. The van der Waals surface area contributed by atoms with Gasteiger partial charge in [0.1, 0.15) is 28.6 Å². The van der Waals surface area contributed by atoms with Crippen molar-refractivity contribution >= 4 is 17.3 Å². The molecule has 1 heterocycles. The van der Waals surface area contributed by atoms with Gasteiger partial charge in [0, 0.05) is 17.7 Å². The highest BCUT2D eigenvalue weighted by Crippen LogP contribution is 2.40. The molecule has 0 unspecified atom stereocenters. The van der Waals surface area contributed by atoms with Crippen molar-refractivity contribution in [2.75, 3.05) is 21.3 Å². The highest BCUT2D eigenvalue weighted by atomic mass is 16.5. The van der Waals surface area contributed by atoms with Crippen molar-refractivity contribution in [3.05, 3.63) is 42.0 Å². The van der Waals surface area contributed by atoms with E-state index in [4.69, 9.17) is 18.6 Å². The van der Waals surface area contributed by atoms with E-state index in [1.807, 2.05) is 24.3 Å². The summed E-state index contributed by atoms with van der Waals surface area (Å²) in [5.41, 5.74) is 1.77. The molecule has 0 atom stereocenters. The van der Waals surface area contributed by atoms with Crippen LogP contribution in [0, 0.1) is 0 Å². The average molecular weight is 312 g/mol. The van der Waals surface area contributed by atoms with Crippen molar-refractivity contribution in [1.82, 2.24) is 0 Å². The first kappa shape index (κ1) is 15.0. The zero-order valence-electron chi connectivity index (χ0n) is 13.1. The lowest BCUT2D eigenvalue weighted by Gasteiger charge is -2.05. The molecule has 3 aromatic rings. The third-order valence-corrected chi connectivity index (χ3v) is 3.69. The van der Waals surface area contributed by atoms with E-state index in [2.05, 4.69) is 0 Å². The van der Waals surface area contributed by atoms with Crippen molar-refractivity contribution < 1.29 is 23.4 Å². The topological polar surface area (TPSA) is 57.9 Å². The largest absolute Gasteiger partial charge is 0.497 e. The molecule has 0 radical (unpaired) electrons. The van der Waals surface area contributed by atoms with E-state index >= 15 is 0 Å². The van der Waals surface area contributed by atoms with Crippen LogP contribution in [-0.2, 0) is 0 Å². The second-order valence-corrected chi connectivity index (χ2v) is 4.89. The second kappa shape index (κ2) is 6.04. The zero-order chi connectivity index (χ0) is 16.4. The van der Waals surface area contributed by atoms with E-state index in [-0.39, 0.29) is 0 Å². The van der Waals surface area contributed by atoms with E-state index < -0.39 is 0 Å². The lowest BCUT2D eigenvalue weighted by atomic mass is 10.1. The van der Waals surface area contributed by atoms with Gasteiger partial charge in [0.2, 0.25) is 0 Å². The van der Waals surface area contributed by atoms with Crippen LogP contribution < -0.4 is 14.2 Å². The third-order valence-electron chi connectivity index (χ3n) is 3.69. The van der Waals surface area contributed by atoms with Gasteiger partial charge in [-0.05, 0) is 24.3 Å². The molecule has 0 fully saturated rings. The van der Waals surface area contributed by atoms with Crippen molar-refractivity contribution in [1.29, 1.82) is 0 Å². The number of ether oxygens (including phenoxy) is 3. The molecule has 23 heavy (non-hydrogen) atoms. The maximum absolute atomic E-state index is 11.6. The number of benzene rings is 2. The zero-order valence-corrected chi connectivity index (χ0v) is 13.1. The summed E-state index contributed by atoms with van der Waals surface area (Å²) in [5, 5.41) is 0.633. The maximum atomic E-state index is 11.6. The Morgan fingerprint density at radius 1 is 0.913 bits per heavy atom. The van der Waals surface area contributed by atoms with Gasteiger partial charge in [-0.1, -0.05) is 0 Å². The van der Waals surface area contributed by atoms with E-state index in [1.54, 1.807) is 33.5 Å². The second-order valence-electron chi connectivity index (χ2n) is 4.89. The number of carbonyl (C=O) groups is 1. The summed E-state index contributed by atoms with van der Waals surface area (Å²) in [7, 11) is 4.71. The molecule has 0 aliphatic heterocycles. The Morgan fingerprint density at radius 3 is 2.17 bits per heavy atom. The lowest BCUT2D eigenvalue weighted by molar-refractivity contribution is 0.112. The van der Waals surface area contributed by atoms with Gasteiger partial charge in [0.05, 0.1) is 32.3 Å². The van der Waals surface area contributed by atoms with Crippen LogP contribution in [-0.4, -0.2) is 27.6 Å². The van der Waals surface area contributed by atoms with Crippen LogP contribution in [0.4, 0.5) is 0 Å². The highest BCUT2D eigenvalue weighted by Gasteiger charge is 2.20. The SMILES string of the molecule is COc1ccc(-c2oc3cc(OC)cc(OC)c3c2C=O)cc1. The molecule has 0 aliphatic carbocycles. The summed E-state index contributed by atoms with van der Waals surface area (Å²) in [5.74, 6) is 2.35. The van der Waals surface area contributed by atoms with Crippen molar-refractivity contribution in [2.45, 2.75) is 0 Å². The minimum absolute atomic E-state index is 0.449. The normalized spacial score (nSPS) is 10.6. The van der Waals surface area contributed by atoms with Crippen LogP contribution >= 0.6 is 0 Å². The van der Waals surface area contributed by atoms with Crippen LogP contribution in [0.15, 0.2) is 40.8 Å². The molecule has 0 bridgehead atoms. The van der Waals surface area contributed by atoms with Gasteiger partial charge in [0.25, 0.3) is 0 Å². The predicted molar refractivity (Wildman–Crippen MR) is 86.7 cm³/mol. The molecular weight excluding hydrogens is 296 g/mol. The average Bonchev–Trinajstić information content (AvgIpc) is 2.99. The van der Waals surface area contributed by atoms with Gasteiger partial charge < -0.3 is 18.6 Å². The first-order valence-electron chi connectivity index (χ1n) is 7.00. The number of methoxy groups -OCH3 is 3. The molecule has 0 saturated heterocycles. The molecule has 2 aromatic carbocycles. The van der Waals surface area contributed by atoms with Gasteiger partial charge >= 0.3 is 0 Å². The Morgan fingerprint density at radius 2 is 1.61 bits per heavy atom. The van der Waals surface area contributed by atoms with Crippen LogP contribution in [0.25, 0.3) is 22.3 Å². The van der Waals surface area contributed by atoms with Gasteiger partial charge in [0.15, 0.2) is 6.29 Å². The molecule has 0 N–H and O–H groups in total. The molecule has 5 heteroatoms. The number of aldehydes is 1. The highest BCUT2D eigenvalue weighted by molar-refractivity contribution is 6.06. The number of hydrogen-bond donors (Lipinski definition) is 0. The van der Waals surface area contributed by atoms with Crippen molar-refractivity contribution in [3.8, 4) is 28.6 Å². The quantitative estimate of drug-likeness (QED) is 0.668. The summed E-state index contributed by atoms with van der Waals surface area (Å²) >= 11 is 0. The summed E-state index contributed by atoms with van der Waals surface area (Å²) < 4.78 is 21.7. The fraction of sp³-hybridized carbons (Fsp3) is 0.167. The Hall–Kier alpha value is -2.95. The number of carbonyl (C=O) groups excluding carboxylic acids is 1. The Balaban J connectivity index is 2.26. The molecule has 0 amide bonds. The summed E-state index contributed by atoms with van der Waals surface area (Å²) in [6.45, 7) is 0. The third kappa shape index (κ3) is 2.50. The molecule has 5 nitrogen and oxygen atoms in total. The van der Waals surface area contributed by atoms with E-state index in [1.165, 1.54) is 0 Å². The minimum atomic E-state index is 0.449. The Kier molecular flexibility index (Phi) is 3.93. The fourth-order valence-electron chi connectivity index (χ4n) is 2.54. The molecule has 0 saturated carbocycles. The van der Waals surface area contributed by atoms with Crippen LogP contribution in [0.2, 0.25) is 0 Å². The van der Waals surface area contributed by atoms with Crippen LogP contribution in [0.1, 0.15) is 10.4 Å². The lowest BCUT2D eigenvalue weighted by Crippen LogP contribution is -1.90. The van der Waals surface area contributed by atoms with Gasteiger partial charge in [-0.3, -0.25) is 4.79 Å². The summed E-state index contributed by atoms with van der Waals surface area (Å²) in [4.78, 5) is 11.6. The van der Waals surface area contributed by atoms with Gasteiger partial charge in [-0.15, -0.1) is 0 Å². The van der Waals surface area contributed by atoms with Gasteiger partial charge in [-0.25, -0.2) is 0 Å². The maximum Gasteiger partial charge on any atom is 0.154 e. The molecule has 0 spiro atoms. The first-order chi connectivity index (χ1) is 11.2. The van der Waals surface area contributed by atoms with Crippen molar-refractivity contribution in [2.24, 2.45) is 0 Å². The number of furan rings is 1. The standard InChI is InChI=1S/C18H16O5/c1-20-12-6-4-11(5-7-12)18-14(10-19)17-15(22-3)8-13(21-2)9-16(17)23-18/h4-10H,1-3H3. The number of fused-ring (bicyclic) bond motifs is 1. The molecule has 1 aromatic heterocycles. The monoisotopic (exact) mass is 312 g/mol. The summed E-state index contributed by atoms with van der Waals surface area (Å²) in [6.07, 6.45) is 0.778. The number of hydrogen-bond acceptors (Lipinski definition) is 5. The van der Waals surface area contributed by atoms with Crippen LogP contribution in [0.3, 0.4) is 0 Å². The smallest absolute Gasteiger partial charge is 0.154 e.